The Hall–Kier alpha value is -6.54. The van der Waals surface area contributed by atoms with Crippen molar-refractivity contribution in [3.63, 3.8) is 0 Å². The summed E-state index contributed by atoms with van der Waals surface area (Å²) in [7, 11) is -0.912. The van der Waals surface area contributed by atoms with Gasteiger partial charge < -0.3 is 48.5 Å². The van der Waals surface area contributed by atoms with Gasteiger partial charge in [0, 0.05) is 76.1 Å². The summed E-state index contributed by atoms with van der Waals surface area (Å²) in [6.45, 7) is 29.8. The third-order valence-electron chi connectivity index (χ3n) is 15.9. The van der Waals surface area contributed by atoms with Crippen molar-refractivity contribution in [2.24, 2.45) is 5.41 Å². The molecule has 3 amide bonds. The van der Waals surface area contributed by atoms with E-state index >= 15 is 0 Å². The molecular weight excluding hydrogens is 1040 g/mol. The summed E-state index contributed by atoms with van der Waals surface area (Å²) in [5.74, 6) is -0.944. The Morgan fingerprint density at radius 2 is 1.54 bits per heavy atom. The van der Waals surface area contributed by atoms with Gasteiger partial charge in [-0.05, 0) is 123 Å². The van der Waals surface area contributed by atoms with Gasteiger partial charge in [-0.25, -0.2) is 20.0 Å². The third-order valence-corrected chi connectivity index (χ3v) is 21.9. The molecule has 2 aliphatic heterocycles. The Bertz CT molecular complexity index is 2980. The molecule has 7 rings (SSSR count). The van der Waals surface area contributed by atoms with E-state index in [2.05, 4.69) is 80.8 Å². The van der Waals surface area contributed by atoms with Gasteiger partial charge in [0.1, 0.15) is 30.0 Å². The highest BCUT2D eigenvalue weighted by Gasteiger charge is 2.47. The van der Waals surface area contributed by atoms with Crippen LogP contribution in [0.5, 0.6) is 5.75 Å². The van der Waals surface area contributed by atoms with Crippen molar-refractivity contribution >= 4 is 49.1 Å². The van der Waals surface area contributed by atoms with Crippen LogP contribution in [0.25, 0.3) is 33.5 Å². The van der Waals surface area contributed by atoms with Crippen molar-refractivity contribution in [3.8, 4) is 28.3 Å². The Balaban J connectivity index is 1.36. The summed E-state index contributed by atoms with van der Waals surface area (Å²) in [6, 6.07) is 19.8. The number of carbonyl (C=O) groups is 4. The van der Waals surface area contributed by atoms with E-state index in [0.717, 1.165) is 50.4 Å². The van der Waals surface area contributed by atoms with Crippen molar-refractivity contribution in [3.05, 3.63) is 95.3 Å². The summed E-state index contributed by atoms with van der Waals surface area (Å²) in [5, 5.41) is 25.0. The van der Waals surface area contributed by atoms with Gasteiger partial charge in [0.2, 0.25) is 0 Å². The number of benzene rings is 2. The fourth-order valence-corrected chi connectivity index (χ4v) is 17.0. The second-order valence-corrected chi connectivity index (χ2v) is 29.9. The summed E-state index contributed by atoms with van der Waals surface area (Å²) in [5.41, 5.74) is 11.1. The highest BCUT2D eigenvalue weighted by atomic mass is 28.4. The van der Waals surface area contributed by atoms with E-state index in [1.165, 1.54) is 5.01 Å². The third kappa shape index (κ3) is 14.6. The van der Waals surface area contributed by atoms with Crippen molar-refractivity contribution in [2.45, 2.75) is 169 Å². The summed E-state index contributed by atoms with van der Waals surface area (Å²) < 4.78 is 27.1. The number of alkyl carbamates (subject to hydrolysis) is 1. The van der Waals surface area contributed by atoms with E-state index in [9.17, 15) is 29.4 Å². The number of pyridine rings is 2. The van der Waals surface area contributed by atoms with Crippen LogP contribution in [0, 0.1) is 5.41 Å². The highest BCUT2D eigenvalue weighted by molar-refractivity contribution is 6.78. The predicted octanol–water partition coefficient (Wildman–Crippen LogP) is 11.1. The van der Waals surface area contributed by atoms with Gasteiger partial charge in [-0.3, -0.25) is 19.6 Å². The lowest BCUT2D eigenvalue weighted by Crippen LogP contribution is -2.60. The molecule has 5 heterocycles. The molecule has 81 heavy (non-hydrogen) atoms. The lowest BCUT2D eigenvalue weighted by molar-refractivity contribution is -0.147. The number of anilines is 1. The van der Waals surface area contributed by atoms with E-state index in [0.29, 0.717) is 69.0 Å². The molecule has 0 spiro atoms. The van der Waals surface area contributed by atoms with Gasteiger partial charge in [-0.1, -0.05) is 85.7 Å². The number of ether oxygens (including phenoxy) is 3. The Morgan fingerprint density at radius 3 is 2.15 bits per heavy atom. The van der Waals surface area contributed by atoms with Crippen molar-refractivity contribution in [2.75, 3.05) is 51.3 Å². The predicted molar refractivity (Wildman–Crippen MR) is 319 cm³/mol. The number of hydrogen-bond acceptors (Lipinski definition) is 13. The number of nitrogens with zero attached hydrogens (tertiary/aromatic N) is 6. The lowest BCUT2D eigenvalue weighted by Gasteiger charge is -2.42. The number of carboxylic acids is 1. The Kier molecular flexibility index (Phi) is 20.0. The summed E-state index contributed by atoms with van der Waals surface area (Å²) >= 11 is 0. The number of carbonyl (C=O) groups excluding carboxylic acids is 3. The van der Waals surface area contributed by atoms with Crippen LogP contribution in [-0.2, 0) is 49.8 Å². The average molecular weight is 1130 g/mol. The number of aryl methyl sites for hydroxylation is 1. The molecular formula is C62H88N8O10Si. The first-order valence-corrected chi connectivity index (χ1v) is 30.9. The van der Waals surface area contributed by atoms with Gasteiger partial charge in [0.25, 0.3) is 14.2 Å². The molecule has 5 aromatic rings. The van der Waals surface area contributed by atoms with Gasteiger partial charge in [-0.15, -0.1) is 0 Å². The van der Waals surface area contributed by atoms with Crippen LogP contribution in [0.15, 0.2) is 72.9 Å². The highest BCUT2D eigenvalue weighted by Crippen LogP contribution is 2.45. The number of aliphatic hydroxyl groups is 1. The molecule has 0 radical (unpaired) electrons. The number of nitrogens with one attached hydrogen (secondary N) is 2. The van der Waals surface area contributed by atoms with E-state index < -0.39 is 49.4 Å². The zero-order valence-electron chi connectivity index (χ0n) is 50.2. The second kappa shape index (κ2) is 26.1. The number of hydrazine groups is 1. The van der Waals surface area contributed by atoms with Crippen LogP contribution < -0.4 is 20.1 Å². The standard InChI is InChI=1S/C62H88N8O10Si/c1-15-69-53-24-23-50(45-30-44(31-47(33-45)80-81(39(2)3,40(4)5)41(6)7)32-52(65-59(75)79-61(9,10)11)57(72)70-25-19-22-51(66-70)58(73)74)64-55(53)49(35-62(12,13)38-71)56(69)48-34-46(36-63-54(48)42(8)77-14)67-26-28-68(29-27-67)60(76)78-37-43-20-17-16-18-21-43/h16-18,20-21,23-24,30-31,33-34,36,39-42,51-52,66,71H,15,19,22,25-29,32,35,37-38H2,1-14H3,(H,65,75)(H,73,74)/t42-,51-,52-/m0/s1. The van der Waals surface area contributed by atoms with Crippen LogP contribution in [0.3, 0.4) is 0 Å². The molecule has 0 aliphatic carbocycles. The maximum absolute atomic E-state index is 14.6. The average Bonchev–Trinajstić information content (AvgIpc) is 4.03. The molecule has 0 bridgehead atoms. The molecule has 3 atom stereocenters. The van der Waals surface area contributed by atoms with Gasteiger partial charge >= 0.3 is 18.2 Å². The smallest absolute Gasteiger partial charge is 0.410 e. The molecule has 2 fully saturated rings. The van der Waals surface area contributed by atoms with Gasteiger partial charge in [0.15, 0.2) is 0 Å². The zero-order chi connectivity index (χ0) is 59.1. The van der Waals surface area contributed by atoms with Crippen molar-refractivity contribution in [1.82, 2.24) is 35.2 Å². The minimum absolute atomic E-state index is 0.0174. The molecule has 18 nitrogen and oxygen atoms in total. The summed E-state index contributed by atoms with van der Waals surface area (Å²) in [4.78, 5) is 68.3. The molecule has 3 aromatic heterocycles. The quantitative estimate of drug-likeness (QED) is 0.0504. The Morgan fingerprint density at radius 1 is 0.864 bits per heavy atom. The first kappa shape index (κ1) is 62.1. The first-order chi connectivity index (χ1) is 38.3. The molecule has 0 saturated carbocycles. The number of aliphatic hydroxyl groups excluding tert-OH is 1. The lowest BCUT2D eigenvalue weighted by atomic mass is 9.85. The molecule has 0 unspecified atom stereocenters. The minimum atomic E-state index is -2.59. The number of methoxy groups -OCH3 is 1. The molecule has 4 N–H and O–H groups in total. The number of fused-ring (bicyclic) bond motifs is 1. The fraction of sp³-hybridized carbons (Fsp3) is 0.548. The van der Waals surface area contributed by atoms with Crippen LogP contribution in [0.2, 0.25) is 16.6 Å². The molecule has 2 aliphatic rings. The van der Waals surface area contributed by atoms with E-state index in [-0.39, 0.29) is 55.0 Å². The largest absolute Gasteiger partial charge is 0.543 e. The number of piperazine rings is 1. The first-order valence-electron chi connectivity index (χ1n) is 28.8. The number of amides is 3. The molecule has 19 heteroatoms. The van der Waals surface area contributed by atoms with E-state index in [4.69, 9.17) is 28.6 Å². The minimum Gasteiger partial charge on any atom is -0.543 e. The second-order valence-electron chi connectivity index (χ2n) is 24.5. The summed E-state index contributed by atoms with van der Waals surface area (Å²) in [6.07, 6.45) is 1.65. The van der Waals surface area contributed by atoms with Gasteiger partial charge in [-0.2, -0.15) is 0 Å². The number of rotatable bonds is 21. The normalized spacial score (nSPS) is 16.3. The van der Waals surface area contributed by atoms with Crippen LogP contribution in [0.4, 0.5) is 15.3 Å². The van der Waals surface area contributed by atoms with E-state index in [1.54, 1.807) is 32.8 Å². The number of hydrogen-bond donors (Lipinski definition) is 4. The monoisotopic (exact) mass is 1130 g/mol. The SMILES string of the molecule is CCn1c(-c2cc(N3CCN(C(=O)OCc4ccccc4)CC3)cnc2[C@H](C)OC)c(CC(C)(C)CO)c2nc(-c3cc(C[C@H](NC(=O)OC(C)(C)C)C(=O)N4CCC[C@@H](C(=O)O)N4)cc(O[Si](C(C)C)(C(C)C)C(C)C)c3)ccc21. The number of carboxylic acid groups (broad SMARTS) is 1. The van der Waals surface area contributed by atoms with Crippen molar-refractivity contribution < 1.29 is 48.0 Å². The van der Waals surface area contributed by atoms with Crippen LogP contribution in [-0.4, -0.2) is 131 Å². The van der Waals surface area contributed by atoms with E-state index in [1.807, 2.05) is 81.6 Å². The van der Waals surface area contributed by atoms with Gasteiger partial charge in [0.05, 0.1) is 46.1 Å². The van der Waals surface area contributed by atoms with Crippen LogP contribution >= 0.6 is 0 Å². The maximum Gasteiger partial charge on any atom is 0.410 e. The number of aliphatic carboxylic acids is 1. The zero-order valence-corrected chi connectivity index (χ0v) is 51.2. The fourth-order valence-electron chi connectivity index (χ4n) is 11.7. The Labute approximate surface area is 480 Å². The molecule has 2 aromatic carbocycles. The number of aromatic nitrogens is 3. The maximum atomic E-state index is 14.6. The van der Waals surface area contributed by atoms with Crippen LogP contribution in [0.1, 0.15) is 131 Å². The molecule has 440 valence electrons. The topological polar surface area (TPSA) is 210 Å². The molecule has 2 saturated heterocycles. The van der Waals surface area contributed by atoms with Crippen molar-refractivity contribution in [1.29, 1.82) is 0 Å².